The van der Waals surface area contributed by atoms with Crippen LogP contribution < -0.4 is 21.7 Å². The first-order valence-electron chi connectivity index (χ1n) is 6.76. The van der Waals surface area contributed by atoms with Crippen molar-refractivity contribution in [2.45, 2.75) is 25.8 Å². The number of benzene rings is 1. The second-order valence-electron chi connectivity index (χ2n) is 5.11. The summed E-state index contributed by atoms with van der Waals surface area (Å²) >= 11 is 0. The number of imide groups is 1. The molecular formula is C16H19N3O2. The van der Waals surface area contributed by atoms with E-state index < -0.39 is 0 Å². The predicted octanol–water partition coefficient (Wildman–Crippen LogP) is 0.658. The van der Waals surface area contributed by atoms with Crippen LogP contribution in [-0.4, -0.2) is 16.9 Å². The van der Waals surface area contributed by atoms with Crippen LogP contribution in [0.2, 0.25) is 0 Å². The topological polar surface area (TPSA) is 77.1 Å². The van der Waals surface area contributed by atoms with E-state index in [9.17, 15) is 9.59 Å². The van der Waals surface area contributed by atoms with Gasteiger partial charge in [0.05, 0.1) is 0 Å². The van der Waals surface area contributed by atoms with Crippen molar-refractivity contribution in [1.29, 1.82) is 0 Å². The lowest BCUT2D eigenvalue weighted by Crippen LogP contribution is -2.30. The van der Waals surface area contributed by atoms with E-state index in [2.05, 4.69) is 18.5 Å². The molecule has 3 N–H and O–H groups in total. The van der Waals surface area contributed by atoms with E-state index >= 15 is 0 Å². The molecule has 2 rings (SSSR count). The second kappa shape index (κ2) is 5.83. The van der Waals surface area contributed by atoms with Gasteiger partial charge < -0.3 is 10.3 Å². The third kappa shape index (κ3) is 2.67. The maximum Gasteiger partial charge on any atom is 0.226 e. The van der Waals surface area contributed by atoms with E-state index in [1.165, 1.54) is 0 Å². The summed E-state index contributed by atoms with van der Waals surface area (Å²) in [7, 11) is 0. The van der Waals surface area contributed by atoms with Gasteiger partial charge in [0.2, 0.25) is 12.3 Å². The summed E-state index contributed by atoms with van der Waals surface area (Å²) in [5.74, 6) is -0.288. The number of fused-ring (bicyclic) bond motifs is 1. The molecule has 2 aromatic rings. The molecule has 1 heterocycles. The van der Waals surface area contributed by atoms with Crippen molar-refractivity contribution in [3.8, 4) is 0 Å². The third-order valence-corrected chi connectivity index (χ3v) is 3.73. The Morgan fingerprint density at radius 3 is 2.76 bits per heavy atom. The summed E-state index contributed by atoms with van der Waals surface area (Å²) in [6, 6.07) is 5.72. The molecule has 1 aromatic carbocycles. The number of anilines is 1. The molecule has 110 valence electrons. The first-order chi connectivity index (χ1) is 9.97. The van der Waals surface area contributed by atoms with Gasteiger partial charge in [-0.05, 0) is 19.4 Å². The number of hydrogen-bond donors (Lipinski definition) is 2. The molecule has 21 heavy (non-hydrogen) atoms. The fourth-order valence-corrected chi connectivity index (χ4v) is 2.68. The molecule has 0 radical (unpaired) electrons. The van der Waals surface area contributed by atoms with Crippen molar-refractivity contribution < 1.29 is 9.59 Å². The van der Waals surface area contributed by atoms with Gasteiger partial charge in [-0.1, -0.05) is 25.3 Å². The molecule has 0 saturated carbocycles. The van der Waals surface area contributed by atoms with Gasteiger partial charge in [-0.25, -0.2) is 0 Å². The standard InChI is InChI=1S/C16H19N3O2/c1-10(7-8-15(21)18-9-20)19-11(2)13-5-4-6-14(17)16(13)12(19)3/h4-6,9-10H,2-3,7-8,17H2,1H3,(H,18,20,21). The average Bonchev–Trinajstić information content (AvgIpc) is 2.70. The number of carbonyl (C=O) groups excluding carboxylic acids is 2. The molecular weight excluding hydrogens is 266 g/mol. The van der Waals surface area contributed by atoms with Gasteiger partial charge in [-0.3, -0.25) is 14.9 Å². The molecule has 0 aliphatic carbocycles. The number of nitrogens with zero attached hydrogens (tertiary/aromatic N) is 1. The van der Waals surface area contributed by atoms with Gasteiger partial charge in [0.25, 0.3) is 0 Å². The second-order valence-corrected chi connectivity index (χ2v) is 5.11. The summed E-state index contributed by atoms with van der Waals surface area (Å²) < 4.78 is 2.00. The molecule has 1 atom stereocenters. The third-order valence-electron chi connectivity index (χ3n) is 3.73. The van der Waals surface area contributed by atoms with Crippen molar-refractivity contribution >= 4 is 41.9 Å². The molecule has 2 amide bonds. The van der Waals surface area contributed by atoms with E-state index in [0.29, 0.717) is 18.5 Å². The number of amides is 2. The summed E-state index contributed by atoms with van der Waals surface area (Å²) in [6.45, 7) is 10.2. The number of nitrogen functional groups attached to an aromatic ring is 1. The maximum atomic E-state index is 11.4. The van der Waals surface area contributed by atoms with Gasteiger partial charge in [0.1, 0.15) is 0 Å². The highest BCUT2D eigenvalue weighted by Gasteiger charge is 2.13. The number of nitrogens with one attached hydrogen (secondary N) is 1. The molecule has 5 heteroatoms. The lowest BCUT2D eigenvalue weighted by Gasteiger charge is -2.14. The van der Waals surface area contributed by atoms with Crippen LogP contribution in [-0.2, 0) is 9.59 Å². The fraction of sp³-hybridized carbons (Fsp3) is 0.250. The van der Waals surface area contributed by atoms with Gasteiger partial charge in [0, 0.05) is 39.6 Å². The number of rotatable bonds is 5. The number of aromatic nitrogens is 1. The van der Waals surface area contributed by atoms with E-state index in [0.717, 1.165) is 21.5 Å². The van der Waals surface area contributed by atoms with Crippen LogP contribution in [0.3, 0.4) is 0 Å². The minimum Gasteiger partial charge on any atom is -0.398 e. The highest BCUT2D eigenvalue weighted by Crippen LogP contribution is 2.17. The van der Waals surface area contributed by atoms with Gasteiger partial charge in [-0.2, -0.15) is 0 Å². The molecule has 1 aromatic heterocycles. The van der Waals surface area contributed by atoms with Crippen molar-refractivity contribution in [3.05, 3.63) is 28.9 Å². The quantitative estimate of drug-likeness (QED) is 0.626. The first-order valence-corrected chi connectivity index (χ1v) is 6.76. The Hall–Kier alpha value is -2.56. The molecule has 0 aliphatic rings. The molecule has 0 aliphatic heterocycles. The summed E-state index contributed by atoms with van der Waals surface area (Å²) in [6.07, 6.45) is 1.26. The van der Waals surface area contributed by atoms with Gasteiger partial charge in [-0.15, -0.1) is 0 Å². The normalized spacial score (nSPS) is 12.2. The van der Waals surface area contributed by atoms with Crippen molar-refractivity contribution in [2.75, 3.05) is 5.73 Å². The van der Waals surface area contributed by atoms with Crippen molar-refractivity contribution in [1.82, 2.24) is 9.88 Å². The van der Waals surface area contributed by atoms with Crippen LogP contribution in [0.5, 0.6) is 0 Å². The summed E-state index contributed by atoms with van der Waals surface area (Å²) in [4.78, 5) is 21.6. The van der Waals surface area contributed by atoms with Gasteiger partial charge in [0.15, 0.2) is 0 Å². The minimum absolute atomic E-state index is 0.0363. The van der Waals surface area contributed by atoms with Crippen LogP contribution >= 0.6 is 0 Å². The minimum atomic E-state index is -0.288. The van der Waals surface area contributed by atoms with E-state index in [4.69, 9.17) is 5.73 Å². The average molecular weight is 285 g/mol. The Morgan fingerprint density at radius 1 is 1.43 bits per heavy atom. The smallest absolute Gasteiger partial charge is 0.226 e. The molecule has 0 bridgehead atoms. The highest BCUT2D eigenvalue weighted by atomic mass is 16.2. The molecule has 1 unspecified atom stereocenters. The molecule has 0 fully saturated rings. The molecule has 0 saturated heterocycles. The van der Waals surface area contributed by atoms with Crippen LogP contribution in [0.15, 0.2) is 18.2 Å². The monoisotopic (exact) mass is 285 g/mol. The highest BCUT2D eigenvalue weighted by molar-refractivity contribution is 5.93. The Balaban J connectivity index is 2.36. The molecule has 0 spiro atoms. The van der Waals surface area contributed by atoms with E-state index in [1.807, 2.05) is 29.7 Å². The van der Waals surface area contributed by atoms with E-state index in [1.54, 1.807) is 0 Å². The maximum absolute atomic E-state index is 11.4. The number of carbonyl (C=O) groups is 2. The van der Waals surface area contributed by atoms with Crippen molar-refractivity contribution in [3.63, 3.8) is 0 Å². The first kappa shape index (κ1) is 14.8. The van der Waals surface area contributed by atoms with Crippen molar-refractivity contribution in [2.24, 2.45) is 0 Å². The zero-order valence-electron chi connectivity index (χ0n) is 12.1. The summed E-state index contributed by atoms with van der Waals surface area (Å²) in [5.41, 5.74) is 6.69. The Morgan fingerprint density at radius 2 is 2.14 bits per heavy atom. The van der Waals surface area contributed by atoms with Crippen LogP contribution in [0, 0.1) is 0 Å². The van der Waals surface area contributed by atoms with Crippen LogP contribution in [0.25, 0.3) is 23.9 Å². The number of hydrogen-bond acceptors (Lipinski definition) is 3. The van der Waals surface area contributed by atoms with Crippen LogP contribution in [0.1, 0.15) is 25.8 Å². The Labute approximate surface area is 122 Å². The predicted molar refractivity (Wildman–Crippen MR) is 84.8 cm³/mol. The lowest BCUT2D eigenvalue weighted by molar-refractivity contribution is -0.125. The molecule has 5 nitrogen and oxygen atoms in total. The van der Waals surface area contributed by atoms with Crippen LogP contribution in [0.4, 0.5) is 5.69 Å². The zero-order chi connectivity index (χ0) is 15.6. The SMILES string of the molecule is C=c1c2cccc(N)c2c(=C)n1C(C)CCC(=O)NC=O. The Bertz CT molecular complexity index is 792. The fourth-order valence-electron chi connectivity index (χ4n) is 2.68. The van der Waals surface area contributed by atoms with Gasteiger partial charge >= 0.3 is 0 Å². The lowest BCUT2D eigenvalue weighted by atomic mass is 10.1. The number of nitrogens with two attached hydrogens (primary N) is 1. The zero-order valence-corrected chi connectivity index (χ0v) is 12.1. The van der Waals surface area contributed by atoms with E-state index in [-0.39, 0.29) is 18.4 Å². The Kier molecular flexibility index (Phi) is 4.12. The largest absolute Gasteiger partial charge is 0.398 e. The summed E-state index contributed by atoms with van der Waals surface area (Å²) in [5, 5.41) is 5.66.